The van der Waals surface area contributed by atoms with Crippen LogP contribution in [-0.2, 0) is 4.79 Å². The van der Waals surface area contributed by atoms with Gasteiger partial charge in [-0.05, 0) is 18.3 Å². The van der Waals surface area contributed by atoms with Gasteiger partial charge < -0.3 is 5.11 Å². The fourth-order valence-corrected chi connectivity index (χ4v) is 3.63. The maximum Gasteiger partial charge on any atom is 0.237 e. The monoisotopic (exact) mass is 295 g/mol. The van der Waals surface area contributed by atoms with Crippen molar-refractivity contribution in [3.05, 3.63) is 0 Å². The molecule has 0 radical (unpaired) electrons. The first-order chi connectivity index (χ1) is 6.04. The number of rotatable bonds is 0. The van der Waals surface area contributed by atoms with Gasteiger partial charge in [-0.25, -0.2) is 0 Å². The van der Waals surface area contributed by atoms with Crippen molar-refractivity contribution in [2.24, 2.45) is 23.7 Å². The summed E-state index contributed by atoms with van der Waals surface area (Å²) in [6.07, 6.45) is 0.515. The van der Waals surface area contributed by atoms with Crippen LogP contribution in [0.2, 0.25) is 0 Å². The SMILES string of the molecule is CC1CC(C)C2C1C(=O)N(I)C2O. The highest BCUT2D eigenvalue weighted by atomic mass is 127. The number of carbonyl (C=O) groups excluding carboxylic acids is 1. The predicted octanol–water partition coefficient (Wildman–Crippen LogP) is 1.41. The molecule has 2 fully saturated rings. The van der Waals surface area contributed by atoms with Crippen LogP contribution in [-0.4, -0.2) is 20.4 Å². The third kappa shape index (κ3) is 1.21. The van der Waals surface area contributed by atoms with E-state index >= 15 is 0 Å². The molecule has 0 aromatic rings. The van der Waals surface area contributed by atoms with Gasteiger partial charge in [0.15, 0.2) is 0 Å². The highest BCUT2D eigenvalue weighted by Crippen LogP contribution is 2.49. The molecule has 5 unspecified atom stereocenters. The van der Waals surface area contributed by atoms with E-state index in [1.54, 1.807) is 0 Å². The van der Waals surface area contributed by atoms with E-state index < -0.39 is 6.23 Å². The Hall–Kier alpha value is 0.160. The second-order valence-corrected chi connectivity index (χ2v) is 5.40. The van der Waals surface area contributed by atoms with Crippen LogP contribution in [0.1, 0.15) is 20.3 Å². The van der Waals surface area contributed by atoms with E-state index in [1.165, 1.54) is 3.11 Å². The normalized spacial score (nSPS) is 50.0. The molecule has 1 aliphatic heterocycles. The molecule has 13 heavy (non-hydrogen) atoms. The fourth-order valence-electron chi connectivity index (χ4n) is 2.93. The molecule has 1 saturated heterocycles. The lowest BCUT2D eigenvalue weighted by atomic mass is 9.90. The lowest BCUT2D eigenvalue weighted by Crippen LogP contribution is -2.28. The Morgan fingerprint density at radius 3 is 2.62 bits per heavy atom. The van der Waals surface area contributed by atoms with Gasteiger partial charge in [0.25, 0.3) is 0 Å². The summed E-state index contributed by atoms with van der Waals surface area (Å²) in [4.78, 5) is 11.7. The fraction of sp³-hybridized carbons (Fsp3) is 0.889. The van der Waals surface area contributed by atoms with E-state index in [9.17, 15) is 9.90 Å². The Morgan fingerprint density at radius 2 is 2.08 bits per heavy atom. The van der Waals surface area contributed by atoms with Crippen molar-refractivity contribution in [1.82, 2.24) is 3.11 Å². The number of fused-ring (bicyclic) bond motifs is 1. The molecule has 0 aromatic heterocycles. The largest absolute Gasteiger partial charge is 0.372 e. The summed E-state index contributed by atoms with van der Waals surface area (Å²) in [5.74, 6) is 1.26. The van der Waals surface area contributed by atoms with Gasteiger partial charge in [0.1, 0.15) is 6.23 Å². The quantitative estimate of drug-likeness (QED) is 0.542. The third-order valence-corrected chi connectivity index (χ3v) is 4.55. The van der Waals surface area contributed by atoms with Crippen LogP contribution >= 0.6 is 22.9 Å². The summed E-state index contributed by atoms with van der Waals surface area (Å²) in [5, 5.41) is 9.82. The molecule has 1 saturated carbocycles. The topological polar surface area (TPSA) is 40.5 Å². The molecule has 2 rings (SSSR count). The van der Waals surface area contributed by atoms with Crippen molar-refractivity contribution < 1.29 is 9.90 Å². The molecule has 4 heteroatoms. The van der Waals surface area contributed by atoms with Crippen LogP contribution in [0.4, 0.5) is 0 Å². The van der Waals surface area contributed by atoms with E-state index in [0.717, 1.165) is 6.42 Å². The molecule has 1 N–H and O–H groups in total. The highest BCUT2D eigenvalue weighted by Gasteiger charge is 2.55. The van der Waals surface area contributed by atoms with Crippen molar-refractivity contribution in [2.75, 3.05) is 0 Å². The van der Waals surface area contributed by atoms with E-state index in [4.69, 9.17) is 0 Å². The molecular weight excluding hydrogens is 281 g/mol. The zero-order valence-electron chi connectivity index (χ0n) is 7.77. The minimum atomic E-state index is -0.557. The average molecular weight is 295 g/mol. The molecule has 0 bridgehead atoms. The maximum absolute atomic E-state index is 11.7. The molecule has 1 heterocycles. The highest BCUT2D eigenvalue weighted by molar-refractivity contribution is 14.1. The van der Waals surface area contributed by atoms with Crippen molar-refractivity contribution in [2.45, 2.75) is 26.5 Å². The summed E-state index contributed by atoms with van der Waals surface area (Å²) < 4.78 is 1.47. The number of hydrogen-bond acceptors (Lipinski definition) is 2. The summed E-state index contributed by atoms with van der Waals surface area (Å²) in [6.45, 7) is 4.25. The Morgan fingerprint density at radius 1 is 1.46 bits per heavy atom. The van der Waals surface area contributed by atoms with Crippen LogP contribution in [0.25, 0.3) is 0 Å². The minimum Gasteiger partial charge on any atom is -0.372 e. The van der Waals surface area contributed by atoms with Crippen molar-refractivity contribution in [3.63, 3.8) is 0 Å². The number of aliphatic hydroxyl groups is 1. The van der Waals surface area contributed by atoms with Crippen LogP contribution in [0.15, 0.2) is 0 Å². The molecule has 2 aliphatic rings. The molecule has 1 aliphatic carbocycles. The van der Waals surface area contributed by atoms with E-state index in [-0.39, 0.29) is 17.7 Å². The molecule has 3 nitrogen and oxygen atoms in total. The van der Waals surface area contributed by atoms with Gasteiger partial charge in [0, 0.05) is 11.8 Å². The Balaban J connectivity index is 2.31. The smallest absolute Gasteiger partial charge is 0.237 e. The molecule has 1 amide bonds. The zero-order chi connectivity index (χ0) is 9.75. The third-order valence-electron chi connectivity index (χ3n) is 3.50. The average Bonchev–Trinajstić information content (AvgIpc) is 2.47. The summed E-state index contributed by atoms with van der Waals surface area (Å²) in [5.41, 5.74) is 0. The van der Waals surface area contributed by atoms with Crippen LogP contribution < -0.4 is 0 Å². The Kier molecular flexibility index (Phi) is 2.30. The van der Waals surface area contributed by atoms with Crippen LogP contribution in [0, 0.1) is 23.7 Å². The van der Waals surface area contributed by atoms with E-state index in [1.807, 2.05) is 22.9 Å². The van der Waals surface area contributed by atoms with Gasteiger partial charge in [0.2, 0.25) is 5.91 Å². The molecule has 0 aromatic carbocycles. The lowest BCUT2D eigenvalue weighted by molar-refractivity contribution is -0.128. The number of amides is 1. The number of carbonyl (C=O) groups is 1. The first kappa shape index (κ1) is 9.71. The summed E-state index contributed by atoms with van der Waals surface area (Å²) >= 11 is 1.93. The zero-order valence-corrected chi connectivity index (χ0v) is 9.93. The van der Waals surface area contributed by atoms with Gasteiger partial charge in [0.05, 0.1) is 22.9 Å². The standard InChI is InChI=1S/C9H14INO2/c1-4-3-5(2)7-6(4)8(12)11(10)9(7)13/h4-8,12H,3H2,1-2H3. The Bertz CT molecular complexity index is 246. The van der Waals surface area contributed by atoms with E-state index in [2.05, 4.69) is 13.8 Å². The second kappa shape index (κ2) is 3.08. The maximum atomic E-state index is 11.7. The number of aliphatic hydroxyl groups excluding tert-OH is 1. The first-order valence-corrected chi connectivity index (χ1v) is 5.67. The molecular formula is C9H14INO2. The van der Waals surface area contributed by atoms with Gasteiger partial charge in [-0.1, -0.05) is 13.8 Å². The van der Waals surface area contributed by atoms with Crippen LogP contribution in [0.5, 0.6) is 0 Å². The summed E-state index contributed by atoms with van der Waals surface area (Å²) in [7, 11) is 0. The second-order valence-electron chi connectivity index (χ2n) is 4.36. The lowest BCUT2D eigenvalue weighted by Gasteiger charge is -2.19. The van der Waals surface area contributed by atoms with Crippen molar-refractivity contribution >= 4 is 28.8 Å². The number of hydrogen-bond donors (Lipinski definition) is 1. The minimum absolute atomic E-state index is 0.0712. The van der Waals surface area contributed by atoms with Gasteiger partial charge in [-0.15, -0.1) is 0 Å². The van der Waals surface area contributed by atoms with Gasteiger partial charge >= 0.3 is 0 Å². The van der Waals surface area contributed by atoms with Crippen molar-refractivity contribution in [3.8, 4) is 0 Å². The molecule has 0 spiro atoms. The van der Waals surface area contributed by atoms with Crippen LogP contribution in [0.3, 0.4) is 0 Å². The first-order valence-electron chi connectivity index (χ1n) is 4.71. The molecule has 5 atom stereocenters. The predicted molar refractivity (Wildman–Crippen MR) is 56.8 cm³/mol. The Labute approximate surface area is 92.0 Å². The number of nitrogens with zero attached hydrogens (tertiary/aromatic N) is 1. The van der Waals surface area contributed by atoms with E-state index in [0.29, 0.717) is 11.8 Å². The van der Waals surface area contributed by atoms with Gasteiger partial charge in [-0.3, -0.25) is 7.91 Å². The summed E-state index contributed by atoms with van der Waals surface area (Å²) in [6, 6.07) is 0. The molecule has 74 valence electrons. The van der Waals surface area contributed by atoms with Gasteiger partial charge in [-0.2, -0.15) is 0 Å². The van der Waals surface area contributed by atoms with Crippen molar-refractivity contribution in [1.29, 1.82) is 0 Å². The number of halogens is 1.